The number of benzene rings is 2. The zero-order valence-corrected chi connectivity index (χ0v) is 36.2. The van der Waals surface area contributed by atoms with Crippen LogP contribution < -0.4 is 10.6 Å². The number of carbonyl (C=O) groups is 6. The first-order valence-electron chi connectivity index (χ1n) is 22.4. The van der Waals surface area contributed by atoms with E-state index >= 15 is 0 Å². The number of fused-ring (bicyclic) bond motifs is 2. The van der Waals surface area contributed by atoms with Crippen molar-refractivity contribution in [1.29, 1.82) is 0 Å². The van der Waals surface area contributed by atoms with E-state index in [1.165, 1.54) is 0 Å². The fourth-order valence-electron chi connectivity index (χ4n) is 9.95. The van der Waals surface area contributed by atoms with Gasteiger partial charge >= 0.3 is 23.9 Å². The van der Waals surface area contributed by atoms with Gasteiger partial charge in [-0.1, -0.05) is 79.9 Å². The molecule has 4 N–H and O–H groups in total. The maximum absolute atomic E-state index is 13.4. The third-order valence-electron chi connectivity index (χ3n) is 12.9. The van der Waals surface area contributed by atoms with E-state index in [0.29, 0.717) is 38.5 Å². The van der Waals surface area contributed by atoms with E-state index in [9.17, 15) is 39.0 Å². The lowest BCUT2D eigenvalue weighted by Crippen LogP contribution is -2.55. The first-order chi connectivity index (χ1) is 29.3. The van der Waals surface area contributed by atoms with Gasteiger partial charge in [0.15, 0.2) is 0 Å². The monoisotopic (exact) mass is 846 g/mol. The summed E-state index contributed by atoms with van der Waals surface area (Å²) in [6, 6.07) is 15.5. The number of carboxylic acid groups (broad SMARTS) is 2. The van der Waals surface area contributed by atoms with Gasteiger partial charge < -0.3 is 29.5 Å². The molecule has 2 aliphatic heterocycles. The minimum atomic E-state index is -0.948. The lowest BCUT2D eigenvalue weighted by atomic mass is 9.84. The van der Waals surface area contributed by atoms with Gasteiger partial charge in [0.1, 0.15) is 24.2 Å². The Bertz CT molecular complexity index is 1780. The van der Waals surface area contributed by atoms with Crippen molar-refractivity contribution in [2.45, 2.75) is 160 Å². The quantitative estimate of drug-likeness (QED) is 0.145. The van der Waals surface area contributed by atoms with Gasteiger partial charge in [-0.3, -0.25) is 29.8 Å². The molecule has 2 saturated heterocycles. The molecule has 2 aromatic carbocycles. The predicted molar refractivity (Wildman–Crippen MR) is 228 cm³/mol. The molecular formula is C47H66N4O10. The summed E-state index contributed by atoms with van der Waals surface area (Å²) in [5.41, 5.74) is 2.21. The van der Waals surface area contributed by atoms with E-state index < -0.39 is 48.2 Å². The van der Waals surface area contributed by atoms with Gasteiger partial charge in [0.2, 0.25) is 11.8 Å². The lowest BCUT2D eigenvalue weighted by molar-refractivity contribution is -0.152. The number of likely N-dealkylation sites (tertiary alicyclic amines) is 2. The van der Waals surface area contributed by atoms with Crippen LogP contribution in [0.4, 0.5) is 0 Å². The normalized spacial score (nSPS) is 24.9. The van der Waals surface area contributed by atoms with Crippen molar-refractivity contribution >= 4 is 35.7 Å². The van der Waals surface area contributed by atoms with Gasteiger partial charge in [-0.2, -0.15) is 0 Å². The molecule has 0 unspecified atom stereocenters. The molecule has 61 heavy (non-hydrogen) atoms. The van der Waals surface area contributed by atoms with Gasteiger partial charge in [0, 0.05) is 12.1 Å². The highest BCUT2D eigenvalue weighted by atomic mass is 16.5. The number of hydrogen-bond donors (Lipinski definition) is 4. The second-order valence-corrected chi connectivity index (χ2v) is 17.0. The summed E-state index contributed by atoms with van der Waals surface area (Å²) >= 11 is 0. The van der Waals surface area contributed by atoms with Crippen LogP contribution in [0.3, 0.4) is 0 Å². The Morgan fingerprint density at radius 3 is 1.38 bits per heavy atom. The zero-order valence-electron chi connectivity index (χ0n) is 36.2. The third kappa shape index (κ3) is 12.4. The molecular weight excluding hydrogens is 781 g/mol. The topological polar surface area (TPSA) is 192 Å². The van der Waals surface area contributed by atoms with Gasteiger partial charge in [0.05, 0.1) is 25.3 Å². The Morgan fingerprint density at radius 1 is 0.607 bits per heavy atom. The predicted octanol–water partition coefficient (Wildman–Crippen LogP) is 5.16. The molecule has 0 aromatic heterocycles. The van der Waals surface area contributed by atoms with Crippen molar-refractivity contribution in [3.8, 4) is 0 Å². The molecule has 4 aliphatic rings. The van der Waals surface area contributed by atoms with Crippen LogP contribution >= 0.6 is 0 Å². The number of carboxylic acids is 2. The maximum atomic E-state index is 13.4. The number of esters is 2. The SMILES string of the molecule is CCOC(=O)[C@H](CCc1ccccc1)N[C@@H](C)C(=O)N1[C@H](C(=O)O)C[C@@H]2CCC[C@@H]21.CCOC(=O)[C@H](CCc1ccccc1)N[C@@H](C)C(=O)N1[C@H](C(=O)O)C[C@H]2CCCC[C@@H]21. The lowest BCUT2D eigenvalue weighted by Gasteiger charge is -2.35. The van der Waals surface area contributed by atoms with E-state index in [0.717, 1.165) is 56.1 Å². The van der Waals surface area contributed by atoms with Crippen molar-refractivity contribution in [3.63, 3.8) is 0 Å². The molecule has 14 heteroatoms. The van der Waals surface area contributed by atoms with Crippen molar-refractivity contribution < 1.29 is 48.5 Å². The summed E-state index contributed by atoms with van der Waals surface area (Å²) in [6.07, 6.45) is 10.2. The number of nitrogens with one attached hydrogen (secondary N) is 2. The number of ether oxygens (including phenoxy) is 2. The molecule has 2 heterocycles. The van der Waals surface area contributed by atoms with Crippen molar-refractivity contribution in [1.82, 2.24) is 20.4 Å². The average Bonchev–Trinajstić information content (AvgIpc) is 3.98. The summed E-state index contributed by atoms with van der Waals surface area (Å²) in [5, 5.41) is 25.6. The van der Waals surface area contributed by atoms with Crippen LogP contribution in [-0.2, 0) is 51.1 Å². The largest absolute Gasteiger partial charge is 0.480 e. The van der Waals surface area contributed by atoms with Crippen LogP contribution in [0.5, 0.6) is 0 Å². The Balaban J connectivity index is 0.000000231. The second kappa shape index (κ2) is 22.9. The van der Waals surface area contributed by atoms with E-state index in [1.807, 2.05) is 60.7 Å². The molecule has 6 rings (SSSR count). The average molecular weight is 847 g/mol. The fraction of sp³-hybridized carbons (Fsp3) is 0.617. The van der Waals surface area contributed by atoms with E-state index in [-0.39, 0.29) is 60.9 Å². The molecule has 2 aliphatic carbocycles. The summed E-state index contributed by atoms with van der Waals surface area (Å²) in [4.78, 5) is 78.4. The van der Waals surface area contributed by atoms with Gasteiger partial charge in [0.25, 0.3) is 0 Å². The number of aliphatic carboxylic acids is 2. The fourth-order valence-corrected chi connectivity index (χ4v) is 9.95. The van der Waals surface area contributed by atoms with Crippen LogP contribution in [0.1, 0.15) is 109 Å². The number of hydrogen-bond acceptors (Lipinski definition) is 10. The third-order valence-corrected chi connectivity index (χ3v) is 12.9. The first kappa shape index (κ1) is 47.2. The standard InChI is InChI=1S/C24H34N2O5.C23H32N2O5/c1-3-31-24(30)19(14-13-17-9-5-4-6-10-17)25-16(2)22(27)26-20-12-8-7-11-18(20)15-21(26)23(28)29;1-3-30-23(29)18(13-12-16-8-5-4-6-9-16)24-15(2)21(26)25-19-11-7-10-17(19)14-20(25)22(27)28/h4-6,9-10,16,18-21,25H,3,7-8,11-15H2,1-2H3,(H,28,29);4-6,8-9,15,17-20,24H,3,7,10-14H2,1-2H3,(H,27,28)/t16-,18+,19-,20-,21-;15-,17-,18-,19-,20-/m00/s1. The number of nitrogens with zero attached hydrogens (tertiary/aromatic N) is 2. The minimum absolute atomic E-state index is 0.00629. The molecule has 4 fully saturated rings. The molecule has 2 amide bonds. The maximum Gasteiger partial charge on any atom is 0.326 e. The minimum Gasteiger partial charge on any atom is -0.480 e. The number of amides is 2. The van der Waals surface area contributed by atoms with E-state index in [4.69, 9.17) is 9.47 Å². The van der Waals surface area contributed by atoms with Crippen LogP contribution in [0.2, 0.25) is 0 Å². The van der Waals surface area contributed by atoms with Gasteiger partial charge in [-0.15, -0.1) is 0 Å². The van der Waals surface area contributed by atoms with Crippen LogP contribution in [0.15, 0.2) is 60.7 Å². The molecule has 334 valence electrons. The van der Waals surface area contributed by atoms with Gasteiger partial charge in [-0.25, -0.2) is 9.59 Å². The van der Waals surface area contributed by atoms with E-state index in [1.54, 1.807) is 37.5 Å². The molecule has 0 spiro atoms. The van der Waals surface area contributed by atoms with Crippen LogP contribution in [0, 0.1) is 11.8 Å². The Labute approximate surface area is 360 Å². The number of rotatable bonds is 18. The molecule has 0 bridgehead atoms. The zero-order chi connectivity index (χ0) is 44.1. The summed E-state index contributed by atoms with van der Waals surface area (Å²) in [6.45, 7) is 7.46. The summed E-state index contributed by atoms with van der Waals surface area (Å²) in [7, 11) is 0. The highest BCUT2D eigenvalue weighted by Gasteiger charge is 2.50. The van der Waals surface area contributed by atoms with Crippen LogP contribution in [-0.4, -0.2) is 117 Å². The molecule has 2 saturated carbocycles. The highest BCUT2D eigenvalue weighted by Crippen LogP contribution is 2.42. The molecule has 2 aromatic rings. The summed E-state index contributed by atoms with van der Waals surface area (Å²) < 4.78 is 10.4. The molecule has 14 nitrogen and oxygen atoms in total. The van der Waals surface area contributed by atoms with Crippen LogP contribution in [0.25, 0.3) is 0 Å². The van der Waals surface area contributed by atoms with Crippen molar-refractivity contribution in [2.24, 2.45) is 11.8 Å². The second-order valence-electron chi connectivity index (χ2n) is 17.0. The molecule has 10 atom stereocenters. The molecule has 0 radical (unpaired) electrons. The highest BCUT2D eigenvalue weighted by molar-refractivity contribution is 5.89. The summed E-state index contributed by atoms with van der Waals surface area (Å²) in [5.74, 6) is -2.63. The van der Waals surface area contributed by atoms with E-state index in [2.05, 4.69) is 10.6 Å². The number of carbonyl (C=O) groups excluding carboxylic acids is 4. The Kier molecular flexibility index (Phi) is 17.7. The van der Waals surface area contributed by atoms with Crippen molar-refractivity contribution in [2.75, 3.05) is 13.2 Å². The first-order valence-corrected chi connectivity index (χ1v) is 22.4. The smallest absolute Gasteiger partial charge is 0.326 e. The van der Waals surface area contributed by atoms with Gasteiger partial charge in [-0.05, 0) is 115 Å². The number of aryl methyl sites for hydroxylation is 2. The van der Waals surface area contributed by atoms with Crippen molar-refractivity contribution in [3.05, 3.63) is 71.8 Å². The Morgan fingerprint density at radius 2 is 0.984 bits per heavy atom. The Hall–Kier alpha value is -4.82.